The molecule has 1 amide bonds. The molecule has 0 unspecified atom stereocenters. The summed E-state index contributed by atoms with van der Waals surface area (Å²) in [5.74, 6) is 0.791. The van der Waals surface area contributed by atoms with Crippen LogP contribution in [0.25, 0.3) is 5.65 Å². The van der Waals surface area contributed by atoms with E-state index in [1.54, 1.807) is 9.42 Å². The second-order valence-electron chi connectivity index (χ2n) is 10.2. The summed E-state index contributed by atoms with van der Waals surface area (Å²) < 4.78 is 13.4. The molecule has 0 spiro atoms. The molecule has 0 aliphatic carbocycles. The average Bonchev–Trinajstić information content (AvgIpc) is 3.21. The Morgan fingerprint density at radius 1 is 1.23 bits per heavy atom. The van der Waals surface area contributed by atoms with Gasteiger partial charge in [0.05, 0.1) is 6.20 Å². The SMILES string of the molecule is CC(C)c1cnn2c(NCc3cccc(N)c3)nc(OC3CCN(C(=O)OC(C)(C)C)CC3)nc12. The number of carbonyl (C=O) groups excluding carboxylic acids is 1. The van der Waals surface area contributed by atoms with Crippen LogP contribution >= 0.6 is 0 Å². The Kier molecular flexibility index (Phi) is 7.00. The zero-order valence-electron chi connectivity index (χ0n) is 21.1. The lowest BCUT2D eigenvalue weighted by atomic mass is 10.1. The van der Waals surface area contributed by atoms with Gasteiger partial charge in [0.1, 0.15) is 11.7 Å². The van der Waals surface area contributed by atoms with Gasteiger partial charge in [-0.25, -0.2) is 4.79 Å². The summed E-state index contributed by atoms with van der Waals surface area (Å²) in [5, 5.41) is 7.86. The van der Waals surface area contributed by atoms with Crippen molar-refractivity contribution in [3.63, 3.8) is 0 Å². The number of nitrogen functional groups attached to an aromatic ring is 1. The first kappa shape index (κ1) is 24.6. The fourth-order valence-electron chi connectivity index (χ4n) is 3.97. The van der Waals surface area contributed by atoms with Crippen molar-refractivity contribution >= 4 is 23.4 Å². The minimum Gasteiger partial charge on any atom is -0.460 e. The second kappa shape index (κ2) is 9.97. The number of likely N-dealkylation sites (tertiary alicyclic amines) is 1. The van der Waals surface area contributed by atoms with Gasteiger partial charge in [-0.1, -0.05) is 26.0 Å². The normalized spacial score (nSPS) is 15.0. The molecule has 0 saturated carbocycles. The van der Waals surface area contributed by atoms with Gasteiger partial charge in [0.25, 0.3) is 0 Å². The molecule has 1 aliphatic rings. The molecule has 1 aromatic carbocycles. The van der Waals surface area contributed by atoms with Crippen LogP contribution in [0.4, 0.5) is 16.4 Å². The van der Waals surface area contributed by atoms with E-state index in [2.05, 4.69) is 34.2 Å². The van der Waals surface area contributed by atoms with E-state index in [9.17, 15) is 4.79 Å². The Bertz CT molecular complexity index is 1180. The minimum atomic E-state index is -0.512. The van der Waals surface area contributed by atoms with Crippen LogP contribution in [0.2, 0.25) is 0 Å². The number of amides is 1. The van der Waals surface area contributed by atoms with E-state index in [1.165, 1.54) is 0 Å². The monoisotopic (exact) mass is 481 g/mol. The number of nitrogens with one attached hydrogen (secondary N) is 1. The fraction of sp³-hybridized carbons (Fsp3) is 0.520. The fourth-order valence-corrected chi connectivity index (χ4v) is 3.97. The van der Waals surface area contributed by atoms with Crippen LogP contribution in [-0.2, 0) is 11.3 Å². The van der Waals surface area contributed by atoms with E-state index in [0.29, 0.717) is 55.8 Å². The van der Waals surface area contributed by atoms with E-state index < -0.39 is 5.60 Å². The van der Waals surface area contributed by atoms with Gasteiger partial charge in [-0.05, 0) is 44.4 Å². The van der Waals surface area contributed by atoms with Crippen molar-refractivity contribution in [1.82, 2.24) is 24.5 Å². The molecule has 3 aromatic rings. The van der Waals surface area contributed by atoms with Gasteiger partial charge in [-0.2, -0.15) is 19.6 Å². The number of nitrogens with zero attached hydrogens (tertiary/aromatic N) is 5. The van der Waals surface area contributed by atoms with Gasteiger partial charge in [0.2, 0.25) is 5.95 Å². The Morgan fingerprint density at radius 3 is 2.63 bits per heavy atom. The number of benzene rings is 1. The highest BCUT2D eigenvalue weighted by molar-refractivity contribution is 5.68. The highest BCUT2D eigenvalue weighted by atomic mass is 16.6. The third kappa shape index (κ3) is 6.12. The van der Waals surface area contributed by atoms with Crippen molar-refractivity contribution in [2.45, 2.75) is 71.6 Å². The van der Waals surface area contributed by atoms with Crippen molar-refractivity contribution in [3.8, 4) is 6.01 Å². The first-order valence-corrected chi connectivity index (χ1v) is 12.1. The standard InChI is InChI=1S/C25H35N7O3/c1-16(2)20-15-28-32-21(20)29-23(30-22(32)27-14-17-7-6-8-18(26)13-17)34-19-9-11-31(12-10-19)24(33)35-25(3,4)5/h6-8,13,15-16,19H,9-12,14,26H2,1-5H3,(H,27,29,30). The summed E-state index contributed by atoms with van der Waals surface area (Å²) in [5.41, 5.74) is 8.88. The van der Waals surface area contributed by atoms with E-state index in [-0.39, 0.29) is 18.1 Å². The molecule has 3 heterocycles. The van der Waals surface area contributed by atoms with Crippen molar-refractivity contribution in [2.75, 3.05) is 24.1 Å². The lowest BCUT2D eigenvalue weighted by Crippen LogP contribution is -2.44. The molecular weight excluding hydrogens is 446 g/mol. The molecule has 1 saturated heterocycles. The van der Waals surface area contributed by atoms with Gasteiger partial charge in [0.15, 0.2) is 5.65 Å². The molecule has 3 N–H and O–H groups in total. The molecule has 4 rings (SSSR count). The summed E-state index contributed by atoms with van der Waals surface area (Å²) in [6, 6.07) is 8.00. The van der Waals surface area contributed by atoms with Crippen LogP contribution < -0.4 is 15.8 Å². The highest BCUT2D eigenvalue weighted by Crippen LogP contribution is 2.25. The van der Waals surface area contributed by atoms with Crippen molar-refractivity contribution in [2.24, 2.45) is 0 Å². The second-order valence-corrected chi connectivity index (χ2v) is 10.2. The summed E-state index contributed by atoms with van der Waals surface area (Å²) in [6.07, 6.45) is 2.79. The third-order valence-corrected chi connectivity index (χ3v) is 5.76. The Hall–Kier alpha value is -3.56. The van der Waals surface area contributed by atoms with Crippen LogP contribution in [0.3, 0.4) is 0 Å². The Morgan fingerprint density at radius 2 is 1.97 bits per heavy atom. The number of carbonyl (C=O) groups is 1. The van der Waals surface area contributed by atoms with Crippen LogP contribution in [-0.4, -0.2) is 55.4 Å². The van der Waals surface area contributed by atoms with Crippen molar-refractivity contribution < 1.29 is 14.3 Å². The summed E-state index contributed by atoms with van der Waals surface area (Å²) in [4.78, 5) is 23.4. The first-order chi connectivity index (χ1) is 16.6. The largest absolute Gasteiger partial charge is 0.460 e. The number of nitrogens with two attached hydrogens (primary N) is 1. The lowest BCUT2D eigenvalue weighted by Gasteiger charge is -2.33. The van der Waals surface area contributed by atoms with E-state index in [1.807, 2.05) is 51.2 Å². The van der Waals surface area contributed by atoms with Crippen LogP contribution in [0.5, 0.6) is 6.01 Å². The quantitative estimate of drug-likeness (QED) is 0.502. The number of hydrogen-bond acceptors (Lipinski definition) is 8. The van der Waals surface area contributed by atoms with Crippen LogP contribution in [0.15, 0.2) is 30.5 Å². The maximum absolute atomic E-state index is 12.4. The molecule has 0 atom stereocenters. The highest BCUT2D eigenvalue weighted by Gasteiger charge is 2.28. The van der Waals surface area contributed by atoms with Gasteiger partial charge >= 0.3 is 12.1 Å². The molecule has 35 heavy (non-hydrogen) atoms. The number of piperidine rings is 1. The van der Waals surface area contributed by atoms with Gasteiger partial charge in [-0.3, -0.25) is 0 Å². The summed E-state index contributed by atoms with van der Waals surface area (Å²) in [6.45, 7) is 11.5. The smallest absolute Gasteiger partial charge is 0.410 e. The van der Waals surface area contributed by atoms with Gasteiger partial charge in [0, 0.05) is 43.7 Å². The maximum Gasteiger partial charge on any atom is 0.410 e. The molecule has 1 fully saturated rings. The lowest BCUT2D eigenvalue weighted by molar-refractivity contribution is 0.0119. The predicted octanol–water partition coefficient (Wildman–Crippen LogP) is 4.22. The number of anilines is 2. The number of rotatable bonds is 6. The van der Waals surface area contributed by atoms with E-state index in [0.717, 1.165) is 11.1 Å². The molecule has 188 valence electrons. The molecule has 0 bridgehead atoms. The zero-order chi connectivity index (χ0) is 25.2. The van der Waals surface area contributed by atoms with Crippen LogP contribution in [0.1, 0.15) is 64.5 Å². The maximum atomic E-state index is 12.4. The molecule has 10 nitrogen and oxygen atoms in total. The topological polar surface area (TPSA) is 120 Å². The molecule has 1 aliphatic heterocycles. The van der Waals surface area contributed by atoms with Crippen molar-refractivity contribution in [1.29, 1.82) is 0 Å². The first-order valence-electron chi connectivity index (χ1n) is 12.1. The van der Waals surface area contributed by atoms with Crippen LogP contribution in [0, 0.1) is 0 Å². The van der Waals surface area contributed by atoms with E-state index >= 15 is 0 Å². The Balaban J connectivity index is 1.49. The number of hydrogen-bond donors (Lipinski definition) is 2. The third-order valence-electron chi connectivity index (χ3n) is 5.76. The molecular formula is C25H35N7O3. The number of ether oxygens (including phenoxy) is 2. The van der Waals surface area contributed by atoms with Crippen molar-refractivity contribution in [3.05, 3.63) is 41.6 Å². The predicted molar refractivity (Wildman–Crippen MR) is 135 cm³/mol. The summed E-state index contributed by atoms with van der Waals surface area (Å²) in [7, 11) is 0. The Labute approximate surface area is 205 Å². The number of aromatic nitrogens is 4. The molecule has 10 heteroatoms. The van der Waals surface area contributed by atoms with Gasteiger partial charge < -0.3 is 25.4 Å². The van der Waals surface area contributed by atoms with E-state index in [4.69, 9.17) is 15.2 Å². The molecule has 0 radical (unpaired) electrons. The summed E-state index contributed by atoms with van der Waals surface area (Å²) >= 11 is 0. The van der Waals surface area contributed by atoms with Gasteiger partial charge in [-0.15, -0.1) is 0 Å². The zero-order valence-corrected chi connectivity index (χ0v) is 21.1. The average molecular weight is 482 g/mol. The minimum absolute atomic E-state index is 0.0941. The number of fused-ring (bicyclic) bond motifs is 1. The molecule has 2 aromatic heterocycles.